The third-order valence-electron chi connectivity index (χ3n) is 4.98. The summed E-state index contributed by atoms with van der Waals surface area (Å²) in [6.07, 6.45) is 26.0. The Morgan fingerprint density at radius 3 is 1.70 bits per heavy atom. The first-order chi connectivity index (χ1) is 9.77. The summed E-state index contributed by atoms with van der Waals surface area (Å²) in [5.74, 6) is 1.32. The largest absolute Gasteiger partial charge is 0.0920 e. The van der Waals surface area contributed by atoms with E-state index >= 15 is 0 Å². The van der Waals surface area contributed by atoms with Gasteiger partial charge in [0.2, 0.25) is 0 Å². The molecule has 1 heteroatoms. The SMILES string of the molecule is C[C@@H](C1C=CC=C1)P([C@@H]1C=CCC1)[C@@H](C)C1C=CC=C1. The van der Waals surface area contributed by atoms with Crippen LogP contribution in [0.1, 0.15) is 26.7 Å². The Bertz CT molecular complexity index is 422. The van der Waals surface area contributed by atoms with Gasteiger partial charge < -0.3 is 0 Å². The predicted octanol–water partition coefficient (Wildman–Crippen LogP) is 5.45. The van der Waals surface area contributed by atoms with Crippen molar-refractivity contribution in [1.29, 1.82) is 0 Å². The second kappa shape index (κ2) is 6.27. The Morgan fingerprint density at radius 2 is 1.30 bits per heavy atom. The Labute approximate surface area is 124 Å². The third kappa shape index (κ3) is 2.77. The molecule has 0 aliphatic heterocycles. The van der Waals surface area contributed by atoms with Gasteiger partial charge in [0.15, 0.2) is 0 Å². The molecule has 0 bridgehead atoms. The van der Waals surface area contributed by atoms with Crippen LogP contribution in [0, 0.1) is 11.8 Å². The van der Waals surface area contributed by atoms with Crippen molar-refractivity contribution in [3.8, 4) is 0 Å². The second-order valence-electron chi connectivity index (χ2n) is 6.20. The van der Waals surface area contributed by atoms with Gasteiger partial charge in [-0.3, -0.25) is 0 Å². The summed E-state index contributed by atoms with van der Waals surface area (Å²) >= 11 is 0. The molecule has 0 aromatic rings. The molecule has 3 aliphatic carbocycles. The summed E-state index contributed by atoms with van der Waals surface area (Å²) in [7, 11) is 0.00193. The highest BCUT2D eigenvalue weighted by atomic mass is 31.1. The van der Waals surface area contributed by atoms with E-state index in [-0.39, 0.29) is 7.92 Å². The topological polar surface area (TPSA) is 0 Å². The maximum Gasteiger partial charge on any atom is 0.00180 e. The van der Waals surface area contributed by atoms with E-state index in [9.17, 15) is 0 Å². The molecule has 0 saturated heterocycles. The van der Waals surface area contributed by atoms with Crippen LogP contribution in [-0.4, -0.2) is 17.0 Å². The van der Waals surface area contributed by atoms with Crippen LogP contribution >= 0.6 is 7.92 Å². The molecule has 0 aromatic heterocycles. The van der Waals surface area contributed by atoms with Crippen LogP contribution in [0.4, 0.5) is 0 Å². The molecular weight excluding hydrogens is 259 g/mol. The minimum Gasteiger partial charge on any atom is -0.0920 e. The van der Waals surface area contributed by atoms with Crippen molar-refractivity contribution >= 4 is 7.92 Å². The molecule has 0 aromatic carbocycles. The highest BCUT2D eigenvalue weighted by Gasteiger charge is 2.35. The van der Waals surface area contributed by atoms with E-state index in [1.807, 2.05) is 0 Å². The average molecular weight is 284 g/mol. The molecule has 20 heavy (non-hydrogen) atoms. The monoisotopic (exact) mass is 284 g/mol. The molecule has 0 radical (unpaired) electrons. The molecule has 106 valence electrons. The lowest BCUT2D eigenvalue weighted by molar-refractivity contribution is 0.723. The first kappa shape index (κ1) is 14.1. The van der Waals surface area contributed by atoms with Crippen molar-refractivity contribution in [3.63, 3.8) is 0 Å². The summed E-state index contributed by atoms with van der Waals surface area (Å²) in [6.45, 7) is 4.98. The van der Waals surface area contributed by atoms with Crippen LogP contribution in [0.2, 0.25) is 0 Å². The standard InChI is InChI=1S/C19H25P/c1-15(17-9-3-4-10-17)20(19-13-7-8-14-19)16(2)18-11-5-6-12-18/h3-7,9-13,15-19H,8,14H2,1-2H3/t15-,16-,19+/m0/s1. The number of hydrogen-bond donors (Lipinski definition) is 0. The smallest absolute Gasteiger partial charge is 0.00180 e. The third-order valence-corrected chi connectivity index (χ3v) is 8.75. The van der Waals surface area contributed by atoms with Gasteiger partial charge in [0, 0.05) is 11.8 Å². The van der Waals surface area contributed by atoms with Gasteiger partial charge in [0.25, 0.3) is 0 Å². The molecule has 3 aliphatic rings. The van der Waals surface area contributed by atoms with Crippen molar-refractivity contribution in [2.45, 2.75) is 43.7 Å². The van der Waals surface area contributed by atoms with Crippen molar-refractivity contribution in [1.82, 2.24) is 0 Å². The lowest BCUT2D eigenvalue weighted by Gasteiger charge is -2.38. The first-order valence-corrected chi connectivity index (χ1v) is 9.46. The summed E-state index contributed by atoms with van der Waals surface area (Å²) in [5, 5.41) is 0. The molecule has 0 amide bonds. The van der Waals surface area contributed by atoms with Crippen LogP contribution in [-0.2, 0) is 0 Å². The van der Waals surface area contributed by atoms with Crippen LogP contribution in [0.3, 0.4) is 0 Å². The second-order valence-corrected chi connectivity index (χ2v) is 9.38. The molecule has 3 rings (SSSR count). The van der Waals surface area contributed by atoms with Crippen molar-refractivity contribution in [2.75, 3.05) is 0 Å². The summed E-state index contributed by atoms with van der Waals surface area (Å²) in [4.78, 5) is 0. The van der Waals surface area contributed by atoms with E-state index in [4.69, 9.17) is 0 Å². The quantitative estimate of drug-likeness (QED) is 0.465. The van der Waals surface area contributed by atoms with Crippen LogP contribution in [0.5, 0.6) is 0 Å². The summed E-state index contributed by atoms with van der Waals surface area (Å²) in [6, 6.07) is 0. The van der Waals surface area contributed by atoms with Crippen LogP contribution in [0.25, 0.3) is 0 Å². The van der Waals surface area contributed by atoms with E-state index in [0.29, 0.717) is 11.8 Å². The first-order valence-electron chi connectivity index (χ1n) is 7.91. The minimum atomic E-state index is 0.00193. The lowest BCUT2D eigenvalue weighted by Crippen LogP contribution is -2.25. The van der Waals surface area contributed by atoms with Crippen LogP contribution < -0.4 is 0 Å². The number of hydrogen-bond acceptors (Lipinski definition) is 0. The Morgan fingerprint density at radius 1 is 0.800 bits per heavy atom. The van der Waals surface area contributed by atoms with Crippen LogP contribution in [0.15, 0.2) is 60.8 Å². The molecular formula is C19H25P. The summed E-state index contributed by atoms with van der Waals surface area (Å²) < 4.78 is 0. The zero-order chi connectivity index (χ0) is 13.9. The van der Waals surface area contributed by atoms with Gasteiger partial charge in [-0.05, 0) is 29.8 Å². The van der Waals surface area contributed by atoms with E-state index in [1.165, 1.54) is 12.8 Å². The maximum atomic E-state index is 2.52. The highest BCUT2D eigenvalue weighted by Crippen LogP contribution is 2.59. The highest BCUT2D eigenvalue weighted by molar-refractivity contribution is 7.60. The molecule has 0 heterocycles. The fourth-order valence-corrected chi connectivity index (χ4v) is 7.69. The Balaban J connectivity index is 1.80. The maximum absolute atomic E-state index is 2.52. The molecule has 0 N–H and O–H groups in total. The molecule has 0 nitrogen and oxygen atoms in total. The summed E-state index contributed by atoms with van der Waals surface area (Å²) in [5.41, 5.74) is 2.40. The fourth-order valence-electron chi connectivity index (χ4n) is 3.78. The normalized spacial score (nSPS) is 28.2. The van der Waals surface area contributed by atoms with Gasteiger partial charge in [-0.1, -0.05) is 82.5 Å². The van der Waals surface area contributed by atoms with Gasteiger partial charge >= 0.3 is 0 Å². The minimum absolute atomic E-state index is 0.00193. The predicted molar refractivity (Wildman–Crippen MR) is 91.5 cm³/mol. The molecule has 0 spiro atoms. The fraction of sp³-hybridized carbons (Fsp3) is 0.474. The Kier molecular flexibility index (Phi) is 4.41. The van der Waals surface area contributed by atoms with Crippen molar-refractivity contribution in [3.05, 3.63) is 60.8 Å². The zero-order valence-corrected chi connectivity index (χ0v) is 13.4. The number of rotatable bonds is 5. The van der Waals surface area contributed by atoms with Gasteiger partial charge in [-0.2, -0.15) is 0 Å². The van der Waals surface area contributed by atoms with E-state index in [0.717, 1.165) is 17.0 Å². The zero-order valence-electron chi connectivity index (χ0n) is 12.5. The molecule has 0 unspecified atom stereocenters. The van der Waals surface area contributed by atoms with Crippen molar-refractivity contribution < 1.29 is 0 Å². The molecule has 0 saturated carbocycles. The van der Waals surface area contributed by atoms with Gasteiger partial charge in [0.1, 0.15) is 0 Å². The van der Waals surface area contributed by atoms with E-state index in [2.05, 4.69) is 74.6 Å². The van der Waals surface area contributed by atoms with Gasteiger partial charge in [-0.25, -0.2) is 0 Å². The van der Waals surface area contributed by atoms with Gasteiger partial charge in [0.05, 0.1) is 0 Å². The Hall–Kier alpha value is -0.870. The van der Waals surface area contributed by atoms with Crippen molar-refractivity contribution in [2.24, 2.45) is 11.8 Å². The lowest BCUT2D eigenvalue weighted by atomic mass is 10.1. The van der Waals surface area contributed by atoms with E-state index in [1.54, 1.807) is 0 Å². The van der Waals surface area contributed by atoms with E-state index < -0.39 is 0 Å². The average Bonchev–Trinajstić information content (AvgIpc) is 3.20. The van der Waals surface area contributed by atoms with Gasteiger partial charge in [-0.15, -0.1) is 0 Å². The molecule has 3 atom stereocenters. The number of allylic oxidation sites excluding steroid dienone is 10. The molecule has 0 fully saturated rings.